The third kappa shape index (κ3) is 6.58. The van der Waals surface area contributed by atoms with Gasteiger partial charge in [-0.1, -0.05) is 56.7 Å². The predicted octanol–water partition coefficient (Wildman–Crippen LogP) is 8.63. The molecule has 0 aliphatic heterocycles. The van der Waals surface area contributed by atoms with Crippen molar-refractivity contribution in [2.75, 3.05) is 5.32 Å². The molecule has 2 fully saturated rings. The molecule has 0 radical (unpaired) electrons. The number of hydrogen-bond donors (Lipinski definition) is 1. The fraction of sp³-hybridized carbons (Fsp3) is 0.541. The van der Waals surface area contributed by atoms with Crippen molar-refractivity contribution in [2.45, 2.75) is 104 Å². The smallest absolute Gasteiger partial charge is 0.306 e. The van der Waals surface area contributed by atoms with Crippen LogP contribution in [-0.4, -0.2) is 23.0 Å². The molecule has 3 aliphatic carbocycles. The maximum Gasteiger partial charge on any atom is 0.306 e. The number of nitrogens with zero attached hydrogens (tertiary/aromatic N) is 1. The van der Waals surface area contributed by atoms with Gasteiger partial charge in [-0.15, -0.1) is 11.3 Å². The Balaban J connectivity index is 1.19. The van der Waals surface area contributed by atoms with Crippen molar-refractivity contribution >= 4 is 28.3 Å². The number of carbonyl (C=O) groups excluding carboxylic acids is 2. The average Bonchev–Trinajstić information content (AvgIpc) is 3.57. The summed E-state index contributed by atoms with van der Waals surface area (Å²) in [5, 5.41) is 3.67. The van der Waals surface area contributed by atoms with Crippen LogP contribution in [0.1, 0.15) is 99.1 Å². The molecule has 0 spiro atoms. The molecular formula is C37H46N2O4S. The number of rotatable bonds is 11. The second-order valence-corrected chi connectivity index (χ2v) is 14.7. The Bertz CT molecular complexity index is 1450. The minimum atomic E-state index is -0.0809. The van der Waals surface area contributed by atoms with Crippen molar-refractivity contribution in [3.63, 3.8) is 0 Å². The summed E-state index contributed by atoms with van der Waals surface area (Å²) < 4.78 is 12.5. The molecule has 2 aromatic carbocycles. The van der Waals surface area contributed by atoms with Gasteiger partial charge in [0, 0.05) is 29.3 Å². The highest BCUT2D eigenvalue weighted by Gasteiger charge is 2.59. The summed E-state index contributed by atoms with van der Waals surface area (Å²) >= 11 is 1.51. The monoisotopic (exact) mass is 614 g/mol. The third-order valence-electron chi connectivity index (χ3n) is 10.6. The number of thiazole rings is 1. The maximum atomic E-state index is 13.0. The number of esters is 1. The van der Waals surface area contributed by atoms with Gasteiger partial charge in [0.25, 0.3) is 0 Å². The molecule has 1 heterocycles. The van der Waals surface area contributed by atoms with Crippen LogP contribution >= 0.6 is 11.3 Å². The van der Waals surface area contributed by atoms with Crippen LogP contribution in [0.4, 0.5) is 5.13 Å². The van der Waals surface area contributed by atoms with Crippen LogP contribution in [0.25, 0.3) is 0 Å². The highest BCUT2D eigenvalue weighted by molar-refractivity contribution is 7.15. The number of hydrogen-bond acceptors (Lipinski definition) is 6. The summed E-state index contributed by atoms with van der Waals surface area (Å²) in [5.74, 6) is 2.67. The first-order valence-electron chi connectivity index (χ1n) is 16.6. The minimum absolute atomic E-state index is 0.0221. The second kappa shape index (κ2) is 13.4. The molecule has 2 saturated carbocycles. The standard InChI is InChI=1S/C37H46N2O4S/c1-4-5-11-34(41)43-32-21-27(13-17-33(40)39-36-38-22-24(2)44-36)35-31-15-12-26-20-28(42-23-25-9-7-6-8-10-25)14-16-29(26)30(31)18-19-37(32,35)3/h6-10,14,16,20,22,27,30-32,35H,4-5,11-13,15,17-19,21,23H2,1-3H3,(H,38,39,40)/t27-,30?,31?,32+,35?,37-/m1/s1. The minimum Gasteiger partial charge on any atom is -0.489 e. The van der Waals surface area contributed by atoms with Gasteiger partial charge >= 0.3 is 5.97 Å². The molecule has 1 amide bonds. The fourth-order valence-corrected chi connectivity index (χ4v) is 9.23. The quantitative estimate of drug-likeness (QED) is 0.219. The van der Waals surface area contributed by atoms with Gasteiger partial charge in [0.15, 0.2) is 5.13 Å². The fourth-order valence-electron chi connectivity index (χ4n) is 8.55. The number of ether oxygens (including phenoxy) is 2. The molecule has 1 N–H and O–H groups in total. The van der Waals surface area contributed by atoms with Crippen LogP contribution in [0.2, 0.25) is 0 Å². The third-order valence-corrected chi connectivity index (χ3v) is 11.4. The first kappa shape index (κ1) is 30.8. The van der Waals surface area contributed by atoms with Crippen molar-refractivity contribution in [1.82, 2.24) is 4.98 Å². The van der Waals surface area contributed by atoms with E-state index < -0.39 is 0 Å². The van der Waals surface area contributed by atoms with Crippen molar-refractivity contribution in [2.24, 2.45) is 23.2 Å². The van der Waals surface area contributed by atoms with Crippen molar-refractivity contribution < 1.29 is 19.1 Å². The van der Waals surface area contributed by atoms with Crippen molar-refractivity contribution in [1.29, 1.82) is 0 Å². The zero-order valence-corrected chi connectivity index (χ0v) is 27.2. The number of amides is 1. The molecule has 6 nitrogen and oxygen atoms in total. The van der Waals surface area contributed by atoms with Crippen LogP contribution < -0.4 is 10.1 Å². The summed E-state index contributed by atoms with van der Waals surface area (Å²) in [4.78, 5) is 31.2. The van der Waals surface area contributed by atoms with Crippen LogP contribution in [0.3, 0.4) is 0 Å². The van der Waals surface area contributed by atoms with Crippen LogP contribution in [0.15, 0.2) is 54.7 Å². The summed E-state index contributed by atoms with van der Waals surface area (Å²) in [6.07, 6.45) is 10.5. The largest absolute Gasteiger partial charge is 0.489 e. The zero-order chi connectivity index (χ0) is 30.7. The van der Waals surface area contributed by atoms with Gasteiger partial charge in [0.2, 0.25) is 5.91 Å². The molecule has 0 bridgehead atoms. The van der Waals surface area contributed by atoms with E-state index in [1.807, 2.05) is 25.1 Å². The number of unbranched alkanes of at least 4 members (excludes halogenated alkanes) is 1. The number of fused-ring (bicyclic) bond motifs is 5. The van der Waals surface area contributed by atoms with E-state index in [1.54, 1.807) is 6.20 Å². The van der Waals surface area contributed by atoms with Gasteiger partial charge in [-0.3, -0.25) is 9.59 Å². The first-order chi connectivity index (χ1) is 21.3. The lowest BCUT2D eigenvalue weighted by Crippen LogP contribution is -2.46. The molecule has 6 atom stereocenters. The van der Waals surface area contributed by atoms with E-state index in [9.17, 15) is 9.59 Å². The van der Waals surface area contributed by atoms with E-state index in [2.05, 4.69) is 54.5 Å². The summed E-state index contributed by atoms with van der Waals surface area (Å²) in [6, 6.07) is 17.0. The van der Waals surface area contributed by atoms with Gasteiger partial charge < -0.3 is 14.8 Å². The first-order valence-corrected chi connectivity index (χ1v) is 17.4. The predicted molar refractivity (Wildman–Crippen MR) is 175 cm³/mol. The summed E-state index contributed by atoms with van der Waals surface area (Å²) in [6.45, 7) is 7.05. The van der Waals surface area contributed by atoms with Crippen LogP contribution in [0, 0.1) is 30.1 Å². The van der Waals surface area contributed by atoms with Crippen LogP contribution in [-0.2, 0) is 27.4 Å². The Kier molecular flexibility index (Phi) is 9.41. The molecule has 3 unspecified atom stereocenters. The Morgan fingerprint density at radius 3 is 2.73 bits per heavy atom. The Morgan fingerprint density at radius 2 is 1.95 bits per heavy atom. The van der Waals surface area contributed by atoms with Crippen LogP contribution in [0.5, 0.6) is 5.75 Å². The molecule has 44 heavy (non-hydrogen) atoms. The van der Waals surface area contributed by atoms with E-state index in [0.29, 0.717) is 48.3 Å². The molecule has 234 valence electrons. The van der Waals surface area contributed by atoms with Gasteiger partial charge in [-0.25, -0.2) is 4.98 Å². The number of anilines is 1. The van der Waals surface area contributed by atoms with E-state index in [4.69, 9.17) is 9.47 Å². The maximum absolute atomic E-state index is 13.0. The summed E-state index contributed by atoms with van der Waals surface area (Å²) in [5.41, 5.74) is 3.99. The normalized spacial score (nSPS) is 27.1. The van der Waals surface area contributed by atoms with Crippen molar-refractivity contribution in [3.05, 3.63) is 76.3 Å². The molecule has 6 rings (SSSR count). The molecule has 3 aliphatic rings. The highest BCUT2D eigenvalue weighted by atomic mass is 32.1. The summed E-state index contributed by atoms with van der Waals surface area (Å²) in [7, 11) is 0. The van der Waals surface area contributed by atoms with Gasteiger partial charge in [-0.2, -0.15) is 0 Å². The number of carbonyl (C=O) groups is 2. The van der Waals surface area contributed by atoms with Gasteiger partial charge in [0.05, 0.1) is 0 Å². The highest BCUT2D eigenvalue weighted by Crippen LogP contribution is 2.64. The van der Waals surface area contributed by atoms with Gasteiger partial charge in [0.1, 0.15) is 18.5 Å². The lowest BCUT2D eigenvalue weighted by atomic mass is 9.53. The number of aromatic nitrogens is 1. The number of nitrogens with one attached hydrogen (secondary N) is 1. The topological polar surface area (TPSA) is 77.5 Å². The molecule has 1 aromatic heterocycles. The average molecular weight is 615 g/mol. The SMILES string of the molecule is CCCCC(=O)O[C@H]1C[C@@H](CCC(=O)Nc2ncc(C)s2)C2C3CCc4cc(OCc5ccccc5)ccc4C3CC[C@@]21C. The van der Waals surface area contributed by atoms with E-state index in [1.165, 1.54) is 28.0 Å². The molecular weight excluding hydrogens is 568 g/mol. The molecule has 7 heteroatoms. The second-order valence-electron chi connectivity index (χ2n) is 13.5. The molecule has 0 saturated heterocycles. The van der Waals surface area contributed by atoms with E-state index in [-0.39, 0.29) is 23.4 Å². The van der Waals surface area contributed by atoms with E-state index in [0.717, 1.165) is 62.0 Å². The lowest BCUT2D eigenvalue weighted by molar-refractivity contribution is -0.157. The Morgan fingerprint density at radius 1 is 1.11 bits per heavy atom. The van der Waals surface area contributed by atoms with E-state index >= 15 is 0 Å². The number of benzene rings is 2. The lowest BCUT2D eigenvalue weighted by Gasteiger charge is -2.51. The van der Waals surface area contributed by atoms with Gasteiger partial charge in [-0.05, 0) is 104 Å². The zero-order valence-electron chi connectivity index (χ0n) is 26.3. The van der Waals surface area contributed by atoms with Crippen molar-refractivity contribution in [3.8, 4) is 5.75 Å². The molecule has 3 aromatic rings. The Labute approximate surface area is 266 Å². The Hall–Kier alpha value is -3.19. The number of aryl methyl sites for hydroxylation is 2.